The number of hydrogen-bond donors (Lipinski definition) is 4. The van der Waals surface area contributed by atoms with E-state index in [1.54, 1.807) is 24.3 Å². The Morgan fingerprint density at radius 3 is 2.41 bits per heavy atom. The average molecular weight is 501 g/mol. The van der Waals surface area contributed by atoms with Crippen LogP contribution in [-0.2, 0) is 11.2 Å². The van der Waals surface area contributed by atoms with E-state index in [4.69, 9.17) is 9.84 Å². The van der Waals surface area contributed by atoms with Crippen molar-refractivity contribution >= 4 is 11.9 Å². The van der Waals surface area contributed by atoms with Crippen molar-refractivity contribution in [3.63, 3.8) is 0 Å². The molecule has 3 aromatic rings. The molecule has 1 amide bonds. The SMILES string of the molecule is O=C(O)CNC(=O)c1ncc(C#CC2(Oc3ccc(O)cc3)CCC(Cc3ccccc3)CC2)cc1O. The fourth-order valence-corrected chi connectivity index (χ4v) is 4.41. The largest absolute Gasteiger partial charge is 0.508 e. The number of pyridine rings is 1. The molecule has 1 heterocycles. The molecule has 0 saturated heterocycles. The zero-order valence-electron chi connectivity index (χ0n) is 20.2. The fourth-order valence-electron chi connectivity index (χ4n) is 4.41. The predicted molar refractivity (Wildman–Crippen MR) is 136 cm³/mol. The summed E-state index contributed by atoms with van der Waals surface area (Å²) in [6.45, 7) is -0.579. The molecule has 0 radical (unpaired) electrons. The third-order valence-electron chi connectivity index (χ3n) is 6.35. The Labute approximate surface area is 215 Å². The molecule has 8 nitrogen and oxygen atoms in total. The van der Waals surface area contributed by atoms with E-state index in [-0.39, 0.29) is 11.4 Å². The number of aliphatic carboxylic acids is 1. The second-order valence-corrected chi connectivity index (χ2v) is 9.14. The highest BCUT2D eigenvalue weighted by molar-refractivity contribution is 5.96. The number of rotatable bonds is 7. The van der Waals surface area contributed by atoms with Crippen LogP contribution in [0.15, 0.2) is 66.9 Å². The number of aromatic hydroxyl groups is 2. The van der Waals surface area contributed by atoms with E-state index >= 15 is 0 Å². The lowest BCUT2D eigenvalue weighted by Gasteiger charge is -2.37. The molecule has 37 heavy (non-hydrogen) atoms. The van der Waals surface area contributed by atoms with Gasteiger partial charge in [-0.05, 0) is 79.8 Å². The molecule has 1 saturated carbocycles. The lowest BCUT2D eigenvalue weighted by molar-refractivity contribution is -0.135. The number of benzene rings is 2. The molecule has 0 bridgehead atoms. The summed E-state index contributed by atoms with van der Waals surface area (Å²) < 4.78 is 6.38. The molecule has 8 heteroatoms. The van der Waals surface area contributed by atoms with Crippen molar-refractivity contribution in [2.45, 2.75) is 37.7 Å². The topological polar surface area (TPSA) is 129 Å². The number of nitrogens with zero attached hydrogens (tertiary/aromatic N) is 1. The van der Waals surface area contributed by atoms with Crippen LogP contribution in [0.4, 0.5) is 0 Å². The molecule has 0 aliphatic heterocycles. The third-order valence-corrected chi connectivity index (χ3v) is 6.35. The lowest BCUT2D eigenvalue weighted by atomic mass is 9.76. The number of carboxylic acids is 1. The molecule has 1 aliphatic carbocycles. The molecule has 4 N–H and O–H groups in total. The van der Waals surface area contributed by atoms with Crippen LogP contribution in [0.25, 0.3) is 0 Å². The van der Waals surface area contributed by atoms with E-state index in [0.29, 0.717) is 30.1 Å². The van der Waals surface area contributed by atoms with Crippen LogP contribution < -0.4 is 10.1 Å². The number of hydrogen-bond acceptors (Lipinski definition) is 6. The van der Waals surface area contributed by atoms with E-state index in [2.05, 4.69) is 34.3 Å². The molecule has 1 aliphatic rings. The van der Waals surface area contributed by atoms with Gasteiger partial charge in [-0.1, -0.05) is 36.3 Å². The molecule has 0 spiro atoms. The molecular formula is C29H28N2O6. The smallest absolute Gasteiger partial charge is 0.322 e. The first-order chi connectivity index (χ1) is 17.8. The number of carbonyl (C=O) groups is 2. The second kappa shape index (κ2) is 11.5. The van der Waals surface area contributed by atoms with Crippen LogP contribution in [0.3, 0.4) is 0 Å². The van der Waals surface area contributed by atoms with E-state index in [1.165, 1.54) is 17.8 Å². The van der Waals surface area contributed by atoms with Crippen molar-refractivity contribution in [3.05, 3.63) is 83.7 Å². The minimum atomic E-state index is -1.20. The van der Waals surface area contributed by atoms with Crippen LogP contribution in [0.5, 0.6) is 17.2 Å². The van der Waals surface area contributed by atoms with Crippen LogP contribution in [0, 0.1) is 17.8 Å². The molecule has 1 aromatic heterocycles. The summed E-state index contributed by atoms with van der Waals surface area (Å²) in [7, 11) is 0. The van der Waals surface area contributed by atoms with Crippen molar-refractivity contribution in [1.29, 1.82) is 0 Å². The molecule has 1 fully saturated rings. The number of amides is 1. The monoisotopic (exact) mass is 500 g/mol. The molecule has 2 aromatic carbocycles. The number of nitrogens with one attached hydrogen (secondary N) is 1. The average Bonchev–Trinajstić information content (AvgIpc) is 2.89. The second-order valence-electron chi connectivity index (χ2n) is 9.14. The van der Waals surface area contributed by atoms with Crippen molar-refractivity contribution in [1.82, 2.24) is 10.3 Å². The molecular weight excluding hydrogens is 472 g/mol. The van der Waals surface area contributed by atoms with Gasteiger partial charge in [0.2, 0.25) is 0 Å². The minimum Gasteiger partial charge on any atom is -0.508 e. The van der Waals surface area contributed by atoms with Gasteiger partial charge in [0.05, 0.1) is 0 Å². The highest BCUT2D eigenvalue weighted by atomic mass is 16.5. The van der Waals surface area contributed by atoms with Gasteiger partial charge in [0.15, 0.2) is 11.3 Å². The maximum atomic E-state index is 12.1. The summed E-state index contributed by atoms with van der Waals surface area (Å²) in [6.07, 6.45) is 5.60. The van der Waals surface area contributed by atoms with Crippen LogP contribution in [0.1, 0.15) is 47.3 Å². The molecule has 4 rings (SSSR count). The number of aromatic nitrogens is 1. The Bertz CT molecular complexity index is 1300. The summed E-state index contributed by atoms with van der Waals surface area (Å²) in [5, 5.41) is 30.8. The van der Waals surface area contributed by atoms with Gasteiger partial charge in [0.1, 0.15) is 23.8 Å². The van der Waals surface area contributed by atoms with Gasteiger partial charge < -0.3 is 25.4 Å². The number of phenols is 1. The molecule has 190 valence electrons. The summed E-state index contributed by atoms with van der Waals surface area (Å²) >= 11 is 0. The Balaban J connectivity index is 1.52. The Morgan fingerprint density at radius 2 is 1.76 bits per heavy atom. The lowest BCUT2D eigenvalue weighted by Crippen LogP contribution is -2.39. The fraction of sp³-hybridized carbons (Fsp3) is 0.276. The maximum absolute atomic E-state index is 12.1. The van der Waals surface area contributed by atoms with Crippen molar-refractivity contribution in [3.8, 4) is 29.1 Å². The summed E-state index contributed by atoms with van der Waals surface area (Å²) in [6, 6.07) is 18.2. The van der Waals surface area contributed by atoms with Gasteiger partial charge in [0, 0.05) is 11.8 Å². The number of ether oxygens (including phenoxy) is 1. The Morgan fingerprint density at radius 1 is 1.05 bits per heavy atom. The highest BCUT2D eigenvalue weighted by Gasteiger charge is 2.36. The Hall–Kier alpha value is -4.51. The van der Waals surface area contributed by atoms with Gasteiger partial charge in [0.25, 0.3) is 5.91 Å². The predicted octanol–water partition coefficient (Wildman–Crippen LogP) is 3.91. The van der Waals surface area contributed by atoms with Crippen LogP contribution >= 0.6 is 0 Å². The van der Waals surface area contributed by atoms with Gasteiger partial charge >= 0.3 is 5.97 Å². The Kier molecular flexibility index (Phi) is 7.94. The highest BCUT2D eigenvalue weighted by Crippen LogP contribution is 2.37. The van der Waals surface area contributed by atoms with Gasteiger partial charge in [-0.15, -0.1) is 0 Å². The van der Waals surface area contributed by atoms with Crippen molar-refractivity contribution in [2.75, 3.05) is 6.54 Å². The molecule has 0 atom stereocenters. The quantitative estimate of drug-likeness (QED) is 0.362. The van der Waals surface area contributed by atoms with Gasteiger partial charge in [-0.25, -0.2) is 4.98 Å². The zero-order chi connectivity index (χ0) is 26.3. The number of carboxylic acid groups (broad SMARTS) is 1. The summed E-state index contributed by atoms with van der Waals surface area (Å²) in [5.41, 5.74) is 0.660. The minimum absolute atomic E-state index is 0.146. The van der Waals surface area contributed by atoms with Crippen molar-refractivity contribution in [2.24, 2.45) is 5.92 Å². The standard InChI is InChI=1S/C29H28N2O6/c32-23-6-8-24(9-7-23)37-29(13-10-21(11-14-29)16-20-4-2-1-3-5-20)15-12-22-17-25(33)27(30-18-22)28(36)31-19-26(34)35/h1-9,17-18,21,32-33H,10-11,13-14,16,19H2,(H,31,36)(H,34,35). The molecule has 0 unspecified atom stereocenters. The summed E-state index contributed by atoms with van der Waals surface area (Å²) in [5.74, 6) is 5.16. The zero-order valence-corrected chi connectivity index (χ0v) is 20.2. The maximum Gasteiger partial charge on any atom is 0.322 e. The van der Waals surface area contributed by atoms with Gasteiger partial charge in [-0.3, -0.25) is 9.59 Å². The first kappa shape index (κ1) is 25.6. The summed E-state index contributed by atoms with van der Waals surface area (Å²) in [4.78, 5) is 26.7. The first-order valence-electron chi connectivity index (χ1n) is 12.1. The van der Waals surface area contributed by atoms with Crippen LogP contribution in [-0.4, -0.2) is 44.3 Å². The van der Waals surface area contributed by atoms with E-state index < -0.39 is 29.8 Å². The first-order valence-corrected chi connectivity index (χ1v) is 12.1. The third kappa shape index (κ3) is 7.01. The van der Waals surface area contributed by atoms with Gasteiger partial charge in [-0.2, -0.15) is 0 Å². The number of phenolic OH excluding ortho intramolecular Hbond substituents is 1. The number of carbonyl (C=O) groups excluding carboxylic acids is 1. The van der Waals surface area contributed by atoms with Crippen LogP contribution in [0.2, 0.25) is 0 Å². The van der Waals surface area contributed by atoms with Crippen molar-refractivity contribution < 1.29 is 29.6 Å². The van der Waals surface area contributed by atoms with E-state index in [0.717, 1.165) is 19.3 Å². The normalized spacial score (nSPS) is 18.8. The van der Waals surface area contributed by atoms with E-state index in [1.807, 2.05) is 18.2 Å². The van der Waals surface area contributed by atoms with E-state index in [9.17, 15) is 19.8 Å².